The third-order valence-corrected chi connectivity index (χ3v) is 4.10. The zero-order valence-corrected chi connectivity index (χ0v) is 15.1. The zero-order chi connectivity index (χ0) is 19.9. The number of imidazole rings is 1. The molecular formula is C21H19F2N3O2. The molecule has 3 rings (SSSR count). The first-order valence-corrected chi connectivity index (χ1v) is 8.63. The summed E-state index contributed by atoms with van der Waals surface area (Å²) >= 11 is 0. The average Bonchev–Trinajstić information content (AvgIpc) is 3.22. The van der Waals surface area contributed by atoms with Crippen molar-refractivity contribution in [1.82, 2.24) is 14.9 Å². The van der Waals surface area contributed by atoms with Crippen LogP contribution in [0.25, 0.3) is 11.8 Å². The molecule has 1 amide bonds. The fraction of sp³-hybridized carbons (Fsp3) is 0.143. The van der Waals surface area contributed by atoms with Crippen molar-refractivity contribution < 1.29 is 18.3 Å². The number of para-hydroxylation sites is 1. The molecule has 2 aromatic carbocycles. The molecule has 1 aromatic heterocycles. The Bertz CT molecular complexity index is 939. The van der Waals surface area contributed by atoms with Crippen LogP contribution in [0.3, 0.4) is 0 Å². The third-order valence-electron chi connectivity index (χ3n) is 4.10. The fourth-order valence-corrected chi connectivity index (χ4v) is 2.68. The van der Waals surface area contributed by atoms with E-state index in [1.54, 1.807) is 30.7 Å². The Morgan fingerprint density at radius 3 is 2.61 bits per heavy atom. The SMILES string of the molecule is CC(NC(=O)C=Cc1ccccc1OC(F)F)c1ccc(-n2ccnc2)cc1. The van der Waals surface area contributed by atoms with Crippen LogP contribution in [0.4, 0.5) is 8.78 Å². The summed E-state index contributed by atoms with van der Waals surface area (Å²) in [6.45, 7) is -1.06. The standard InChI is InChI=1S/C21H19F2N3O2/c1-15(16-6-9-18(10-7-16)26-13-12-24-14-26)25-20(27)11-8-17-4-2-3-5-19(17)28-21(22)23/h2-15,21H,1H3,(H,25,27). The summed E-state index contributed by atoms with van der Waals surface area (Å²) in [4.78, 5) is 16.2. The maximum atomic E-state index is 12.4. The first-order chi connectivity index (χ1) is 13.5. The van der Waals surface area contributed by atoms with Gasteiger partial charge in [-0.15, -0.1) is 0 Å². The van der Waals surface area contributed by atoms with E-state index in [0.717, 1.165) is 11.3 Å². The molecule has 1 atom stereocenters. The normalized spacial score (nSPS) is 12.3. The summed E-state index contributed by atoms with van der Waals surface area (Å²) in [5, 5.41) is 2.85. The maximum Gasteiger partial charge on any atom is 0.387 e. The average molecular weight is 383 g/mol. The molecule has 1 unspecified atom stereocenters. The molecule has 144 valence electrons. The lowest BCUT2D eigenvalue weighted by atomic mass is 10.1. The topological polar surface area (TPSA) is 56.1 Å². The lowest BCUT2D eigenvalue weighted by molar-refractivity contribution is -0.117. The van der Waals surface area contributed by atoms with Gasteiger partial charge in [0.05, 0.1) is 12.4 Å². The minimum Gasteiger partial charge on any atom is -0.434 e. The number of ether oxygens (including phenoxy) is 1. The van der Waals surface area contributed by atoms with Gasteiger partial charge in [-0.2, -0.15) is 8.78 Å². The molecule has 0 bridgehead atoms. The number of carbonyl (C=O) groups excluding carboxylic acids is 1. The highest BCUT2D eigenvalue weighted by Crippen LogP contribution is 2.21. The smallest absolute Gasteiger partial charge is 0.387 e. The van der Waals surface area contributed by atoms with Crippen molar-refractivity contribution in [3.8, 4) is 11.4 Å². The summed E-state index contributed by atoms with van der Waals surface area (Å²) in [7, 11) is 0. The van der Waals surface area contributed by atoms with Gasteiger partial charge in [0.25, 0.3) is 0 Å². The minimum absolute atomic E-state index is 0.0182. The maximum absolute atomic E-state index is 12.4. The van der Waals surface area contributed by atoms with Crippen LogP contribution in [0.15, 0.2) is 73.3 Å². The van der Waals surface area contributed by atoms with Crippen LogP contribution in [0.2, 0.25) is 0 Å². The van der Waals surface area contributed by atoms with Gasteiger partial charge in [0, 0.05) is 29.7 Å². The number of nitrogens with one attached hydrogen (secondary N) is 1. The first-order valence-electron chi connectivity index (χ1n) is 8.63. The van der Waals surface area contributed by atoms with E-state index in [9.17, 15) is 13.6 Å². The van der Waals surface area contributed by atoms with Gasteiger partial charge in [-0.05, 0) is 36.8 Å². The number of hydrogen-bond donors (Lipinski definition) is 1. The Morgan fingerprint density at radius 1 is 1.18 bits per heavy atom. The van der Waals surface area contributed by atoms with Crippen LogP contribution >= 0.6 is 0 Å². The molecule has 1 heterocycles. The van der Waals surface area contributed by atoms with Gasteiger partial charge >= 0.3 is 6.61 Å². The van der Waals surface area contributed by atoms with Crippen molar-refractivity contribution in [3.05, 3.63) is 84.5 Å². The summed E-state index contributed by atoms with van der Waals surface area (Å²) in [5.74, 6) is -0.317. The summed E-state index contributed by atoms with van der Waals surface area (Å²) in [6.07, 6.45) is 8.00. The predicted octanol–water partition coefficient (Wildman–Crippen LogP) is 4.36. The van der Waals surface area contributed by atoms with Crippen LogP contribution in [0.5, 0.6) is 5.75 Å². The highest BCUT2D eigenvalue weighted by atomic mass is 19.3. The number of nitrogens with zero attached hydrogens (tertiary/aromatic N) is 2. The molecule has 3 aromatic rings. The van der Waals surface area contributed by atoms with Gasteiger partial charge in [0.15, 0.2) is 0 Å². The molecule has 0 radical (unpaired) electrons. The first kappa shape index (κ1) is 19.3. The Labute approximate surface area is 161 Å². The Morgan fingerprint density at radius 2 is 1.93 bits per heavy atom. The van der Waals surface area contributed by atoms with E-state index in [4.69, 9.17) is 0 Å². The van der Waals surface area contributed by atoms with Crippen molar-refractivity contribution >= 4 is 12.0 Å². The van der Waals surface area contributed by atoms with Crippen LogP contribution in [-0.4, -0.2) is 22.1 Å². The van der Waals surface area contributed by atoms with E-state index in [-0.39, 0.29) is 17.7 Å². The lowest BCUT2D eigenvalue weighted by Gasteiger charge is -2.14. The van der Waals surface area contributed by atoms with Crippen molar-refractivity contribution in [2.24, 2.45) is 0 Å². The third kappa shape index (κ3) is 5.03. The number of aromatic nitrogens is 2. The van der Waals surface area contributed by atoms with Gasteiger partial charge < -0.3 is 14.6 Å². The van der Waals surface area contributed by atoms with Gasteiger partial charge in [0.2, 0.25) is 5.91 Å². The van der Waals surface area contributed by atoms with Crippen LogP contribution in [-0.2, 0) is 4.79 Å². The number of hydrogen-bond acceptors (Lipinski definition) is 3. The molecule has 0 aliphatic rings. The van der Waals surface area contributed by atoms with E-state index >= 15 is 0 Å². The van der Waals surface area contributed by atoms with Crippen molar-refractivity contribution in [3.63, 3.8) is 0 Å². The largest absolute Gasteiger partial charge is 0.434 e. The number of alkyl halides is 2. The van der Waals surface area contributed by atoms with Crippen LogP contribution in [0.1, 0.15) is 24.1 Å². The monoisotopic (exact) mass is 383 g/mol. The van der Waals surface area contributed by atoms with Gasteiger partial charge in [-0.1, -0.05) is 30.3 Å². The summed E-state index contributed by atoms with van der Waals surface area (Å²) < 4.78 is 31.2. The summed E-state index contributed by atoms with van der Waals surface area (Å²) in [5.41, 5.74) is 2.30. The molecule has 28 heavy (non-hydrogen) atoms. The quantitative estimate of drug-likeness (QED) is 0.617. The molecule has 0 aliphatic heterocycles. The fourth-order valence-electron chi connectivity index (χ4n) is 2.68. The molecule has 0 aliphatic carbocycles. The van der Waals surface area contributed by atoms with Crippen molar-refractivity contribution in [2.75, 3.05) is 0 Å². The number of rotatable bonds is 7. The molecular weight excluding hydrogens is 364 g/mol. The Balaban J connectivity index is 1.62. The molecule has 0 spiro atoms. The molecule has 0 saturated heterocycles. The molecule has 5 nitrogen and oxygen atoms in total. The highest BCUT2D eigenvalue weighted by Gasteiger charge is 2.10. The zero-order valence-electron chi connectivity index (χ0n) is 15.1. The van der Waals surface area contributed by atoms with Gasteiger partial charge in [-0.25, -0.2) is 4.98 Å². The second-order valence-electron chi connectivity index (χ2n) is 6.04. The van der Waals surface area contributed by atoms with E-state index in [1.165, 1.54) is 18.2 Å². The Kier molecular flexibility index (Phi) is 6.16. The lowest BCUT2D eigenvalue weighted by Crippen LogP contribution is -2.24. The van der Waals surface area contributed by atoms with Gasteiger partial charge in [-0.3, -0.25) is 4.79 Å². The molecule has 0 saturated carbocycles. The highest BCUT2D eigenvalue weighted by molar-refractivity contribution is 5.92. The summed E-state index contributed by atoms with van der Waals surface area (Å²) in [6, 6.07) is 13.8. The number of amides is 1. The van der Waals surface area contributed by atoms with Crippen molar-refractivity contribution in [1.29, 1.82) is 0 Å². The van der Waals surface area contributed by atoms with Crippen LogP contribution in [0, 0.1) is 0 Å². The van der Waals surface area contributed by atoms with Crippen molar-refractivity contribution in [2.45, 2.75) is 19.6 Å². The van der Waals surface area contributed by atoms with E-state index in [0.29, 0.717) is 5.56 Å². The second-order valence-corrected chi connectivity index (χ2v) is 6.04. The van der Waals surface area contributed by atoms with E-state index in [2.05, 4.69) is 15.0 Å². The number of benzene rings is 2. The molecule has 1 N–H and O–H groups in total. The molecule has 0 fully saturated rings. The van der Waals surface area contributed by atoms with Crippen LogP contribution < -0.4 is 10.1 Å². The predicted molar refractivity (Wildman–Crippen MR) is 102 cm³/mol. The van der Waals surface area contributed by atoms with Gasteiger partial charge in [0.1, 0.15) is 5.75 Å². The van der Waals surface area contributed by atoms with E-state index in [1.807, 2.05) is 42.0 Å². The second kappa shape index (κ2) is 8.94. The number of carbonyl (C=O) groups is 1. The number of halogens is 2. The molecule has 7 heteroatoms. The van der Waals surface area contributed by atoms with E-state index < -0.39 is 6.61 Å². The minimum atomic E-state index is -2.92. The Hall–Kier alpha value is -3.48.